The van der Waals surface area contributed by atoms with Crippen LogP contribution in [0.5, 0.6) is 5.75 Å². The highest BCUT2D eigenvalue weighted by atomic mass is 35.5. The first-order valence-electron chi connectivity index (χ1n) is 5.34. The van der Waals surface area contributed by atoms with Crippen LogP contribution >= 0.6 is 11.6 Å². The Hall–Kier alpha value is -0.730. The van der Waals surface area contributed by atoms with E-state index in [0.717, 1.165) is 24.2 Å². The van der Waals surface area contributed by atoms with Crippen LogP contribution in [0.1, 0.15) is 25.8 Å². The fraction of sp³-hybridized carbons (Fsp3) is 0.500. The number of rotatable bonds is 5. The van der Waals surface area contributed by atoms with Gasteiger partial charge >= 0.3 is 0 Å². The van der Waals surface area contributed by atoms with Crippen molar-refractivity contribution >= 4 is 11.6 Å². The second-order valence-corrected chi connectivity index (χ2v) is 3.98. The van der Waals surface area contributed by atoms with Crippen molar-refractivity contribution in [1.82, 2.24) is 0 Å². The van der Waals surface area contributed by atoms with Gasteiger partial charge in [-0.1, -0.05) is 24.6 Å². The van der Waals surface area contributed by atoms with Crippen molar-refractivity contribution in [2.75, 3.05) is 6.61 Å². The zero-order chi connectivity index (χ0) is 11.3. The summed E-state index contributed by atoms with van der Waals surface area (Å²) in [4.78, 5) is 0. The van der Waals surface area contributed by atoms with Crippen LogP contribution in [0.4, 0.5) is 0 Å². The Morgan fingerprint density at radius 3 is 2.67 bits per heavy atom. The van der Waals surface area contributed by atoms with E-state index >= 15 is 0 Å². The number of hydrogen-bond donors (Lipinski definition) is 1. The topological polar surface area (TPSA) is 35.2 Å². The van der Waals surface area contributed by atoms with Gasteiger partial charge in [0.25, 0.3) is 0 Å². The first kappa shape index (κ1) is 12.3. The van der Waals surface area contributed by atoms with E-state index in [1.807, 2.05) is 25.1 Å². The first-order chi connectivity index (χ1) is 7.17. The fourth-order valence-electron chi connectivity index (χ4n) is 1.39. The molecule has 0 heterocycles. The average molecular weight is 228 g/mol. The van der Waals surface area contributed by atoms with Crippen LogP contribution in [0.2, 0.25) is 5.02 Å². The Bertz CT molecular complexity index is 314. The number of hydrogen-bond acceptors (Lipinski definition) is 2. The summed E-state index contributed by atoms with van der Waals surface area (Å²) in [5.74, 6) is 0.744. The van der Waals surface area contributed by atoms with Crippen LogP contribution in [0.25, 0.3) is 0 Å². The highest BCUT2D eigenvalue weighted by molar-refractivity contribution is 6.32. The van der Waals surface area contributed by atoms with Crippen LogP contribution in [0.15, 0.2) is 18.2 Å². The molecule has 0 saturated heterocycles. The summed E-state index contributed by atoms with van der Waals surface area (Å²) in [5, 5.41) is 0.664. The maximum absolute atomic E-state index is 6.07. The third kappa shape index (κ3) is 3.73. The molecule has 0 bridgehead atoms. The zero-order valence-corrected chi connectivity index (χ0v) is 10.1. The molecule has 0 fully saturated rings. The van der Waals surface area contributed by atoms with Gasteiger partial charge in [-0.3, -0.25) is 0 Å². The molecule has 1 rings (SSSR count). The molecule has 0 radical (unpaired) electrons. The lowest BCUT2D eigenvalue weighted by molar-refractivity contribution is 0.340. The molecule has 0 aliphatic carbocycles. The van der Waals surface area contributed by atoms with Crippen molar-refractivity contribution in [2.45, 2.75) is 32.7 Å². The highest BCUT2D eigenvalue weighted by Gasteiger charge is 2.05. The Balaban J connectivity index is 2.73. The second kappa shape index (κ2) is 5.99. The van der Waals surface area contributed by atoms with Crippen molar-refractivity contribution < 1.29 is 4.74 Å². The molecule has 1 atom stereocenters. The predicted octanol–water partition coefficient (Wildman–Crippen LogP) is 3.02. The first-order valence-corrected chi connectivity index (χ1v) is 5.72. The Labute approximate surface area is 96.4 Å². The van der Waals surface area contributed by atoms with Gasteiger partial charge in [-0.15, -0.1) is 0 Å². The highest BCUT2D eigenvalue weighted by Crippen LogP contribution is 2.25. The third-order valence-electron chi connectivity index (χ3n) is 2.32. The molecule has 84 valence electrons. The molecular formula is C12H18ClNO. The minimum absolute atomic E-state index is 0.207. The van der Waals surface area contributed by atoms with Gasteiger partial charge in [0, 0.05) is 6.04 Å². The number of halogens is 1. The summed E-state index contributed by atoms with van der Waals surface area (Å²) >= 11 is 6.07. The number of benzene rings is 1. The maximum atomic E-state index is 6.07. The average Bonchev–Trinajstić information content (AvgIpc) is 2.22. The van der Waals surface area contributed by atoms with Gasteiger partial charge < -0.3 is 10.5 Å². The van der Waals surface area contributed by atoms with Gasteiger partial charge in [-0.25, -0.2) is 0 Å². The monoisotopic (exact) mass is 227 g/mol. The molecule has 0 amide bonds. The third-order valence-corrected chi connectivity index (χ3v) is 2.61. The summed E-state index contributed by atoms with van der Waals surface area (Å²) in [5.41, 5.74) is 7.04. The van der Waals surface area contributed by atoms with Crippen molar-refractivity contribution in [3.05, 3.63) is 28.8 Å². The van der Waals surface area contributed by atoms with Gasteiger partial charge in [-0.05, 0) is 37.5 Å². The van der Waals surface area contributed by atoms with E-state index < -0.39 is 0 Å². The Kier molecular flexibility index (Phi) is 4.92. The van der Waals surface area contributed by atoms with Crippen LogP contribution in [-0.4, -0.2) is 12.6 Å². The fourth-order valence-corrected chi connectivity index (χ4v) is 1.65. The summed E-state index contributed by atoms with van der Waals surface area (Å²) in [6.45, 7) is 4.66. The van der Waals surface area contributed by atoms with Crippen molar-refractivity contribution in [3.63, 3.8) is 0 Å². The smallest absolute Gasteiger partial charge is 0.137 e. The van der Waals surface area contributed by atoms with E-state index in [2.05, 4.69) is 6.92 Å². The van der Waals surface area contributed by atoms with Gasteiger partial charge in [0.2, 0.25) is 0 Å². The largest absolute Gasteiger partial charge is 0.492 e. The molecule has 3 heteroatoms. The van der Waals surface area contributed by atoms with Crippen LogP contribution < -0.4 is 10.5 Å². The molecule has 0 saturated carbocycles. The van der Waals surface area contributed by atoms with Gasteiger partial charge in [-0.2, -0.15) is 0 Å². The molecule has 0 aliphatic rings. The molecule has 1 aromatic carbocycles. The molecule has 15 heavy (non-hydrogen) atoms. The molecular weight excluding hydrogens is 210 g/mol. The molecule has 1 aromatic rings. The van der Waals surface area contributed by atoms with Crippen LogP contribution in [0, 0.1) is 0 Å². The van der Waals surface area contributed by atoms with E-state index in [-0.39, 0.29) is 6.04 Å². The SMILES string of the molecule is CCOc1ccc(CC(N)CC)cc1Cl. The summed E-state index contributed by atoms with van der Waals surface area (Å²) in [7, 11) is 0. The number of ether oxygens (including phenoxy) is 1. The maximum Gasteiger partial charge on any atom is 0.137 e. The van der Waals surface area contributed by atoms with Crippen molar-refractivity contribution in [1.29, 1.82) is 0 Å². The van der Waals surface area contributed by atoms with E-state index in [1.165, 1.54) is 0 Å². The van der Waals surface area contributed by atoms with Gasteiger partial charge in [0.1, 0.15) is 5.75 Å². The predicted molar refractivity (Wildman–Crippen MR) is 64.6 cm³/mol. The molecule has 1 unspecified atom stereocenters. The van der Waals surface area contributed by atoms with E-state index in [0.29, 0.717) is 11.6 Å². The molecule has 0 aromatic heterocycles. The molecule has 2 N–H and O–H groups in total. The minimum Gasteiger partial charge on any atom is -0.492 e. The summed E-state index contributed by atoms with van der Waals surface area (Å²) in [6.07, 6.45) is 1.84. The summed E-state index contributed by atoms with van der Waals surface area (Å²) in [6, 6.07) is 6.07. The van der Waals surface area contributed by atoms with E-state index in [9.17, 15) is 0 Å². The quantitative estimate of drug-likeness (QED) is 0.839. The zero-order valence-electron chi connectivity index (χ0n) is 9.29. The molecule has 2 nitrogen and oxygen atoms in total. The minimum atomic E-state index is 0.207. The van der Waals surface area contributed by atoms with Crippen molar-refractivity contribution in [2.24, 2.45) is 5.73 Å². The normalized spacial score (nSPS) is 12.5. The van der Waals surface area contributed by atoms with E-state index in [1.54, 1.807) is 0 Å². The lowest BCUT2D eigenvalue weighted by Crippen LogP contribution is -2.21. The standard InChI is InChI=1S/C12H18ClNO/c1-3-10(14)7-9-5-6-12(15-4-2)11(13)8-9/h5-6,8,10H,3-4,7,14H2,1-2H3. The van der Waals surface area contributed by atoms with Crippen LogP contribution in [0.3, 0.4) is 0 Å². The summed E-state index contributed by atoms with van der Waals surface area (Å²) < 4.78 is 5.36. The molecule has 0 aliphatic heterocycles. The van der Waals surface area contributed by atoms with Gasteiger partial charge in [0.15, 0.2) is 0 Å². The lowest BCUT2D eigenvalue weighted by atomic mass is 10.0. The van der Waals surface area contributed by atoms with E-state index in [4.69, 9.17) is 22.1 Å². The molecule has 0 spiro atoms. The van der Waals surface area contributed by atoms with Gasteiger partial charge in [0.05, 0.1) is 11.6 Å². The Morgan fingerprint density at radius 2 is 2.13 bits per heavy atom. The van der Waals surface area contributed by atoms with Crippen LogP contribution in [-0.2, 0) is 6.42 Å². The lowest BCUT2D eigenvalue weighted by Gasteiger charge is -2.11. The Morgan fingerprint density at radius 1 is 1.40 bits per heavy atom. The number of nitrogens with two attached hydrogens (primary N) is 1. The second-order valence-electron chi connectivity index (χ2n) is 3.57. The van der Waals surface area contributed by atoms with Crippen molar-refractivity contribution in [3.8, 4) is 5.75 Å².